The molecule has 1 amide bonds. The summed E-state index contributed by atoms with van der Waals surface area (Å²) in [5.74, 6) is -1.22. The van der Waals surface area contributed by atoms with Crippen LogP contribution in [0.2, 0.25) is 0 Å². The second kappa shape index (κ2) is 8.07. The number of carboxylic acids is 1. The summed E-state index contributed by atoms with van der Waals surface area (Å²) in [5.41, 5.74) is 1.97. The smallest absolute Gasteiger partial charge is 0.308 e. The van der Waals surface area contributed by atoms with Gasteiger partial charge in [-0.1, -0.05) is 49.1 Å². The van der Waals surface area contributed by atoms with Crippen molar-refractivity contribution in [2.45, 2.75) is 51.6 Å². The summed E-state index contributed by atoms with van der Waals surface area (Å²) in [6.45, 7) is 1.91. The first-order valence-corrected chi connectivity index (χ1v) is 8.90. The van der Waals surface area contributed by atoms with Crippen LogP contribution in [0.15, 0.2) is 24.3 Å². The molecule has 1 aromatic heterocycles. The number of amides is 1. The molecule has 8 nitrogen and oxygen atoms in total. The van der Waals surface area contributed by atoms with E-state index in [9.17, 15) is 14.7 Å². The van der Waals surface area contributed by atoms with E-state index < -0.39 is 11.9 Å². The van der Waals surface area contributed by atoms with Crippen LogP contribution in [-0.2, 0) is 16.1 Å². The van der Waals surface area contributed by atoms with Crippen molar-refractivity contribution in [1.82, 2.24) is 25.5 Å². The van der Waals surface area contributed by atoms with E-state index in [1.165, 1.54) is 4.80 Å². The van der Waals surface area contributed by atoms with Gasteiger partial charge in [0.2, 0.25) is 11.7 Å². The monoisotopic (exact) mass is 357 g/mol. The first-order valence-electron chi connectivity index (χ1n) is 8.90. The quantitative estimate of drug-likeness (QED) is 0.790. The van der Waals surface area contributed by atoms with E-state index in [2.05, 4.69) is 20.7 Å². The van der Waals surface area contributed by atoms with Crippen molar-refractivity contribution in [2.75, 3.05) is 0 Å². The minimum absolute atomic E-state index is 0.0816. The number of aromatic nitrogens is 4. The molecule has 0 bridgehead atoms. The lowest BCUT2D eigenvalue weighted by Gasteiger charge is -2.22. The molecule has 1 saturated carbocycles. The zero-order chi connectivity index (χ0) is 18.5. The van der Waals surface area contributed by atoms with Crippen LogP contribution >= 0.6 is 0 Å². The fourth-order valence-electron chi connectivity index (χ4n) is 3.29. The Hall–Kier alpha value is -2.77. The molecule has 1 heterocycles. The van der Waals surface area contributed by atoms with Gasteiger partial charge < -0.3 is 10.4 Å². The Labute approximate surface area is 151 Å². The predicted octanol–water partition coefficient (Wildman–Crippen LogP) is 1.80. The molecule has 2 aromatic rings. The fourth-order valence-corrected chi connectivity index (χ4v) is 3.29. The summed E-state index contributed by atoms with van der Waals surface area (Å²) in [6.07, 6.45) is 4.09. The summed E-state index contributed by atoms with van der Waals surface area (Å²) < 4.78 is 0. The SMILES string of the molecule is Cc1ccc(-c2nnn(CC(=O)N[C@H]3CCCCC[C@H]3C(=O)O)n2)cc1. The summed E-state index contributed by atoms with van der Waals surface area (Å²) in [4.78, 5) is 25.0. The highest BCUT2D eigenvalue weighted by Gasteiger charge is 2.30. The molecular formula is C18H23N5O3. The average Bonchev–Trinajstić information content (AvgIpc) is 2.93. The normalized spacial score (nSPS) is 20.3. The summed E-state index contributed by atoms with van der Waals surface area (Å²) >= 11 is 0. The van der Waals surface area contributed by atoms with E-state index in [1.54, 1.807) is 0 Å². The third-order valence-corrected chi connectivity index (χ3v) is 4.73. The molecule has 2 atom stereocenters. The van der Waals surface area contributed by atoms with Crippen LogP contribution < -0.4 is 5.32 Å². The van der Waals surface area contributed by atoms with Gasteiger partial charge in [-0.25, -0.2) is 0 Å². The zero-order valence-corrected chi connectivity index (χ0v) is 14.8. The number of aryl methyl sites for hydroxylation is 1. The Morgan fingerprint density at radius 1 is 1.19 bits per heavy atom. The predicted molar refractivity (Wildman–Crippen MR) is 94.1 cm³/mol. The lowest BCUT2D eigenvalue weighted by Crippen LogP contribution is -2.44. The molecule has 0 radical (unpaired) electrons. The summed E-state index contributed by atoms with van der Waals surface area (Å²) in [6, 6.07) is 7.38. The van der Waals surface area contributed by atoms with Crippen molar-refractivity contribution in [1.29, 1.82) is 0 Å². The number of benzene rings is 1. The highest BCUT2D eigenvalue weighted by atomic mass is 16.4. The molecule has 1 fully saturated rings. The van der Waals surface area contributed by atoms with E-state index in [4.69, 9.17) is 0 Å². The zero-order valence-electron chi connectivity index (χ0n) is 14.8. The van der Waals surface area contributed by atoms with Gasteiger partial charge in [-0.3, -0.25) is 9.59 Å². The molecule has 8 heteroatoms. The Balaban J connectivity index is 1.62. The second-order valence-corrected chi connectivity index (χ2v) is 6.77. The molecule has 1 aromatic carbocycles. The lowest BCUT2D eigenvalue weighted by molar-refractivity contribution is -0.143. The molecule has 26 heavy (non-hydrogen) atoms. The maximum atomic E-state index is 12.3. The number of hydrogen-bond acceptors (Lipinski definition) is 5. The maximum Gasteiger partial charge on any atom is 0.308 e. The number of rotatable bonds is 5. The summed E-state index contributed by atoms with van der Waals surface area (Å²) in [7, 11) is 0. The number of carbonyl (C=O) groups is 2. The number of aliphatic carboxylic acids is 1. The van der Waals surface area contributed by atoms with Gasteiger partial charge in [0.1, 0.15) is 6.54 Å². The number of hydrogen-bond donors (Lipinski definition) is 2. The number of tetrazole rings is 1. The van der Waals surface area contributed by atoms with E-state index in [0.717, 1.165) is 30.4 Å². The largest absolute Gasteiger partial charge is 0.481 e. The van der Waals surface area contributed by atoms with Crippen molar-refractivity contribution in [3.05, 3.63) is 29.8 Å². The first kappa shape index (κ1) is 18.0. The topological polar surface area (TPSA) is 110 Å². The Morgan fingerprint density at radius 3 is 2.65 bits per heavy atom. The van der Waals surface area contributed by atoms with Crippen molar-refractivity contribution < 1.29 is 14.7 Å². The molecule has 138 valence electrons. The van der Waals surface area contributed by atoms with Crippen LogP contribution in [0.4, 0.5) is 0 Å². The molecule has 0 saturated heterocycles. The van der Waals surface area contributed by atoms with Crippen molar-refractivity contribution in [2.24, 2.45) is 5.92 Å². The fraction of sp³-hybridized carbons (Fsp3) is 0.500. The van der Waals surface area contributed by atoms with Gasteiger partial charge in [-0.2, -0.15) is 4.80 Å². The Bertz CT molecular complexity index is 771. The van der Waals surface area contributed by atoms with Gasteiger partial charge in [0, 0.05) is 11.6 Å². The first-order chi connectivity index (χ1) is 12.5. The van der Waals surface area contributed by atoms with E-state index in [-0.39, 0.29) is 18.5 Å². The Kier molecular flexibility index (Phi) is 5.60. The molecule has 2 N–H and O–H groups in total. The maximum absolute atomic E-state index is 12.3. The van der Waals surface area contributed by atoms with Gasteiger partial charge in [0.25, 0.3) is 0 Å². The third-order valence-electron chi connectivity index (χ3n) is 4.73. The number of carboxylic acid groups (broad SMARTS) is 1. The summed E-state index contributed by atoms with van der Waals surface area (Å²) in [5, 5.41) is 24.4. The van der Waals surface area contributed by atoms with Gasteiger partial charge in [0.15, 0.2) is 0 Å². The van der Waals surface area contributed by atoms with Gasteiger partial charge in [-0.15, -0.1) is 10.2 Å². The second-order valence-electron chi connectivity index (χ2n) is 6.77. The highest BCUT2D eigenvalue weighted by molar-refractivity contribution is 5.78. The molecule has 1 aliphatic carbocycles. The molecule has 0 aliphatic heterocycles. The minimum Gasteiger partial charge on any atom is -0.481 e. The third kappa shape index (κ3) is 4.44. The standard InChI is InChI=1S/C18H23N5O3/c1-12-7-9-13(10-8-12)17-20-22-23(21-17)11-16(24)19-15-6-4-2-3-5-14(15)18(25)26/h7-10,14-15H,2-6,11H2,1H3,(H,19,24)(H,25,26)/t14-,15+/m1/s1. The van der Waals surface area contributed by atoms with Crippen LogP contribution in [0.5, 0.6) is 0 Å². The average molecular weight is 357 g/mol. The van der Waals surface area contributed by atoms with Crippen LogP contribution in [0.1, 0.15) is 37.7 Å². The molecule has 0 spiro atoms. The Morgan fingerprint density at radius 2 is 1.92 bits per heavy atom. The van der Waals surface area contributed by atoms with Crippen molar-refractivity contribution in [3.8, 4) is 11.4 Å². The van der Waals surface area contributed by atoms with E-state index >= 15 is 0 Å². The molecule has 1 aliphatic rings. The van der Waals surface area contributed by atoms with Crippen LogP contribution in [-0.4, -0.2) is 43.2 Å². The van der Waals surface area contributed by atoms with Crippen molar-refractivity contribution in [3.63, 3.8) is 0 Å². The van der Waals surface area contributed by atoms with E-state index in [0.29, 0.717) is 18.7 Å². The van der Waals surface area contributed by atoms with Crippen LogP contribution in [0.3, 0.4) is 0 Å². The lowest BCUT2D eigenvalue weighted by atomic mass is 9.95. The van der Waals surface area contributed by atoms with Crippen LogP contribution in [0, 0.1) is 12.8 Å². The van der Waals surface area contributed by atoms with Gasteiger partial charge in [-0.05, 0) is 25.0 Å². The number of nitrogens with zero attached hydrogens (tertiary/aromatic N) is 4. The minimum atomic E-state index is -0.849. The van der Waals surface area contributed by atoms with Crippen molar-refractivity contribution >= 4 is 11.9 Å². The molecular weight excluding hydrogens is 334 g/mol. The van der Waals surface area contributed by atoms with Gasteiger partial charge in [0.05, 0.1) is 5.92 Å². The molecule has 3 rings (SSSR count). The molecule has 0 unspecified atom stereocenters. The van der Waals surface area contributed by atoms with E-state index in [1.807, 2.05) is 31.2 Å². The number of nitrogens with one attached hydrogen (secondary N) is 1. The van der Waals surface area contributed by atoms with Crippen LogP contribution in [0.25, 0.3) is 11.4 Å². The van der Waals surface area contributed by atoms with Gasteiger partial charge >= 0.3 is 5.97 Å². The number of carbonyl (C=O) groups excluding carboxylic acids is 1. The highest BCUT2D eigenvalue weighted by Crippen LogP contribution is 2.23.